The van der Waals surface area contributed by atoms with Crippen molar-refractivity contribution in [1.82, 2.24) is 15.1 Å². The van der Waals surface area contributed by atoms with E-state index in [-0.39, 0.29) is 23.7 Å². The van der Waals surface area contributed by atoms with Crippen LogP contribution in [0.25, 0.3) is 11.1 Å². The van der Waals surface area contributed by atoms with E-state index < -0.39 is 0 Å². The van der Waals surface area contributed by atoms with Gasteiger partial charge in [-0.2, -0.15) is 5.10 Å². The summed E-state index contributed by atoms with van der Waals surface area (Å²) in [5.41, 5.74) is 9.60. The number of nitrogens with two attached hydrogens (primary N) is 1. The monoisotopic (exact) mass is 370 g/mol. The molecule has 2 heterocycles. The van der Waals surface area contributed by atoms with Gasteiger partial charge in [-0.3, -0.25) is 14.3 Å². The minimum absolute atomic E-state index is 0.0298. The van der Waals surface area contributed by atoms with Gasteiger partial charge < -0.3 is 15.8 Å². The molecule has 0 radical (unpaired) electrons. The van der Waals surface area contributed by atoms with Crippen LogP contribution in [0.1, 0.15) is 35.1 Å². The highest BCUT2D eigenvalue weighted by Crippen LogP contribution is 2.28. The largest absolute Gasteiger partial charge is 0.380 e. The molecule has 3 rings (SSSR count). The highest BCUT2D eigenvalue weighted by atomic mass is 16.5. The van der Waals surface area contributed by atoms with E-state index in [0.29, 0.717) is 31.9 Å². The van der Waals surface area contributed by atoms with Crippen LogP contribution in [0.4, 0.5) is 0 Å². The Balaban J connectivity index is 1.79. The second-order valence-electron chi connectivity index (χ2n) is 7.55. The Labute approximate surface area is 158 Å². The summed E-state index contributed by atoms with van der Waals surface area (Å²) in [6.07, 6.45) is 0.242. The fourth-order valence-corrected chi connectivity index (χ4v) is 3.31. The number of nitrogens with zero attached hydrogens (tertiary/aromatic N) is 2. The SMILES string of the molecule is Cc1nn(CCC(N)=O)c(C)c1-c1cccc(C(=O)NCC2(C)COC2)c1. The molecule has 1 saturated heterocycles. The number of hydrogen-bond donors (Lipinski definition) is 2. The number of rotatable bonds is 7. The zero-order valence-corrected chi connectivity index (χ0v) is 16.0. The average Bonchev–Trinajstić information content (AvgIpc) is 2.90. The van der Waals surface area contributed by atoms with Crippen LogP contribution in [0.5, 0.6) is 0 Å². The molecule has 1 aliphatic rings. The van der Waals surface area contributed by atoms with E-state index in [1.54, 1.807) is 10.7 Å². The first-order valence-electron chi connectivity index (χ1n) is 9.08. The quantitative estimate of drug-likeness (QED) is 0.776. The van der Waals surface area contributed by atoms with Crippen LogP contribution in [-0.4, -0.2) is 41.4 Å². The van der Waals surface area contributed by atoms with E-state index in [1.165, 1.54) is 0 Å². The molecule has 1 aliphatic heterocycles. The molecule has 144 valence electrons. The van der Waals surface area contributed by atoms with E-state index in [2.05, 4.69) is 17.3 Å². The Morgan fingerprint density at radius 1 is 1.33 bits per heavy atom. The van der Waals surface area contributed by atoms with E-state index >= 15 is 0 Å². The summed E-state index contributed by atoms with van der Waals surface area (Å²) in [6.45, 7) is 8.38. The smallest absolute Gasteiger partial charge is 0.251 e. The molecule has 0 unspecified atom stereocenters. The zero-order valence-electron chi connectivity index (χ0n) is 16.0. The Morgan fingerprint density at radius 3 is 2.70 bits per heavy atom. The highest BCUT2D eigenvalue weighted by molar-refractivity contribution is 5.95. The van der Waals surface area contributed by atoms with E-state index in [0.717, 1.165) is 22.5 Å². The fraction of sp³-hybridized carbons (Fsp3) is 0.450. The third-order valence-corrected chi connectivity index (χ3v) is 4.94. The van der Waals surface area contributed by atoms with Crippen molar-refractivity contribution in [2.45, 2.75) is 33.7 Å². The van der Waals surface area contributed by atoms with E-state index in [4.69, 9.17) is 10.5 Å². The topological polar surface area (TPSA) is 99.2 Å². The van der Waals surface area contributed by atoms with Crippen molar-refractivity contribution in [2.24, 2.45) is 11.1 Å². The van der Waals surface area contributed by atoms with Gasteiger partial charge in [0.1, 0.15) is 0 Å². The summed E-state index contributed by atoms with van der Waals surface area (Å²) in [5.74, 6) is -0.449. The molecule has 3 N–H and O–H groups in total. The summed E-state index contributed by atoms with van der Waals surface area (Å²) >= 11 is 0. The molecule has 27 heavy (non-hydrogen) atoms. The van der Waals surface area contributed by atoms with Crippen LogP contribution in [0.2, 0.25) is 0 Å². The van der Waals surface area contributed by atoms with Crippen molar-refractivity contribution >= 4 is 11.8 Å². The van der Waals surface area contributed by atoms with Gasteiger partial charge in [0.05, 0.1) is 18.9 Å². The zero-order chi connectivity index (χ0) is 19.6. The molecule has 1 aromatic heterocycles. The number of ether oxygens (including phenoxy) is 1. The van der Waals surface area contributed by atoms with Gasteiger partial charge in [0.2, 0.25) is 5.91 Å². The maximum Gasteiger partial charge on any atom is 0.251 e. The Hall–Kier alpha value is -2.67. The van der Waals surface area contributed by atoms with Crippen LogP contribution in [-0.2, 0) is 16.1 Å². The predicted octanol–water partition coefficient (Wildman–Crippen LogP) is 1.81. The molecule has 7 heteroatoms. The first-order valence-corrected chi connectivity index (χ1v) is 9.08. The third-order valence-electron chi connectivity index (χ3n) is 4.94. The molecule has 1 aromatic carbocycles. The Kier molecular flexibility index (Phi) is 5.32. The minimum Gasteiger partial charge on any atom is -0.380 e. The number of aromatic nitrogens is 2. The lowest BCUT2D eigenvalue weighted by atomic mass is 9.88. The van der Waals surface area contributed by atoms with Crippen LogP contribution in [0, 0.1) is 19.3 Å². The standard InChI is InChI=1S/C20H26N4O3/c1-13-18(14(2)24(23-13)8-7-17(21)25)15-5-4-6-16(9-15)19(26)22-10-20(3)11-27-12-20/h4-6,9H,7-8,10-12H2,1-3H3,(H2,21,25)(H,22,26). The summed E-state index contributed by atoms with van der Waals surface area (Å²) in [6, 6.07) is 7.52. The molecule has 0 bridgehead atoms. The van der Waals surface area contributed by atoms with Crippen molar-refractivity contribution in [3.8, 4) is 11.1 Å². The van der Waals surface area contributed by atoms with Crippen molar-refractivity contribution in [3.05, 3.63) is 41.2 Å². The number of carbonyl (C=O) groups is 2. The van der Waals surface area contributed by atoms with Gasteiger partial charge in [-0.25, -0.2) is 0 Å². The van der Waals surface area contributed by atoms with Crippen molar-refractivity contribution in [2.75, 3.05) is 19.8 Å². The normalized spacial score (nSPS) is 15.2. The van der Waals surface area contributed by atoms with Gasteiger partial charge in [0.15, 0.2) is 0 Å². The number of carbonyl (C=O) groups excluding carboxylic acids is 2. The van der Waals surface area contributed by atoms with Crippen molar-refractivity contribution in [3.63, 3.8) is 0 Å². The third kappa shape index (κ3) is 4.19. The van der Waals surface area contributed by atoms with Crippen LogP contribution in [0.3, 0.4) is 0 Å². The van der Waals surface area contributed by atoms with Gasteiger partial charge in [0, 0.05) is 41.7 Å². The van der Waals surface area contributed by atoms with Gasteiger partial charge in [0.25, 0.3) is 5.91 Å². The summed E-state index contributed by atoms with van der Waals surface area (Å²) in [5, 5.41) is 7.51. The van der Waals surface area contributed by atoms with Gasteiger partial charge in [-0.15, -0.1) is 0 Å². The molecule has 0 aliphatic carbocycles. The fourth-order valence-electron chi connectivity index (χ4n) is 3.31. The number of hydrogen-bond acceptors (Lipinski definition) is 4. The molecule has 7 nitrogen and oxygen atoms in total. The van der Waals surface area contributed by atoms with Gasteiger partial charge in [-0.1, -0.05) is 19.1 Å². The van der Waals surface area contributed by atoms with E-state index in [1.807, 2.05) is 32.0 Å². The Bertz CT molecular complexity index is 868. The van der Waals surface area contributed by atoms with Crippen LogP contribution >= 0.6 is 0 Å². The van der Waals surface area contributed by atoms with E-state index in [9.17, 15) is 9.59 Å². The number of primary amides is 1. The maximum atomic E-state index is 12.5. The highest BCUT2D eigenvalue weighted by Gasteiger charge is 2.33. The number of nitrogens with one attached hydrogen (secondary N) is 1. The minimum atomic E-state index is -0.353. The first-order chi connectivity index (χ1) is 12.8. The molecule has 2 aromatic rings. The molecule has 0 spiro atoms. The van der Waals surface area contributed by atoms with Gasteiger partial charge in [-0.05, 0) is 31.5 Å². The van der Waals surface area contributed by atoms with Crippen LogP contribution in [0.15, 0.2) is 24.3 Å². The number of aryl methyl sites for hydroxylation is 2. The Morgan fingerprint density at radius 2 is 2.07 bits per heavy atom. The second kappa shape index (κ2) is 7.52. The molecular weight excluding hydrogens is 344 g/mol. The predicted molar refractivity (Wildman–Crippen MR) is 102 cm³/mol. The number of benzene rings is 1. The second-order valence-corrected chi connectivity index (χ2v) is 7.55. The van der Waals surface area contributed by atoms with Crippen molar-refractivity contribution in [1.29, 1.82) is 0 Å². The van der Waals surface area contributed by atoms with Gasteiger partial charge >= 0.3 is 0 Å². The molecule has 0 atom stereocenters. The summed E-state index contributed by atoms with van der Waals surface area (Å²) < 4.78 is 7.02. The average molecular weight is 370 g/mol. The molecule has 1 fully saturated rings. The molecular formula is C20H26N4O3. The van der Waals surface area contributed by atoms with Crippen LogP contribution < -0.4 is 11.1 Å². The summed E-state index contributed by atoms with van der Waals surface area (Å²) in [4.78, 5) is 23.6. The lowest BCUT2D eigenvalue weighted by Gasteiger charge is -2.38. The molecule has 0 saturated carbocycles. The maximum absolute atomic E-state index is 12.5. The molecule has 2 amide bonds. The van der Waals surface area contributed by atoms with Crippen molar-refractivity contribution < 1.29 is 14.3 Å². The first kappa shape index (κ1) is 19.1. The summed E-state index contributed by atoms with van der Waals surface area (Å²) in [7, 11) is 0. The lowest BCUT2D eigenvalue weighted by Crippen LogP contribution is -2.48. The lowest BCUT2D eigenvalue weighted by molar-refractivity contribution is -0.118. The number of amides is 2.